The number of rotatable bonds is 8. The third-order valence-electron chi connectivity index (χ3n) is 6.19. The highest BCUT2D eigenvalue weighted by Crippen LogP contribution is 2.34. The van der Waals surface area contributed by atoms with E-state index in [2.05, 4.69) is 4.72 Å². The van der Waals surface area contributed by atoms with E-state index >= 15 is 0 Å². The molecule has 5 aromatic rings. The molecule has 39 heavy (non-hydrogen) atoms. The van der Waals surface area contributed by atoms with E-state index in [0.717, 1.165) is 22.5 Å². The first kappa shape index (κ1) is 25.9. The minimum atomic E-state index is -4.01. The number of nitrogens with zero attached hydrogens (tertiary/aromatic N) is 1. The topological polar surface area (TPSA) is 77.4 Å². The second-order valence-corrected chi connectivity index (χ2v) is 10.6. The van der Waals surface area contributed by atoms with Crippen LogP contribution >= 0.6 is 0 Å². The van der Waals surface area contributed by atoms with Crippen molar-refractivity contribution in [1.82, 2.24) is 9.29 Å². The maximum atomic E-state index is 13.3. The van der Waals surface area contributed by atoms with Crippen molar-refractivity contribution in [3.05, 3.63) is 138 Å². The number of hydrogen-bond acceptors (Lipinski definition) is 4. The number of aromatic nitrogens is 1. The van der Waals surface area contributed by atoms with Crippen LogP contribution in [0.2, 0.25) is 0 Å². The number of sulfonamides is 1. The molecule has 5 rings (SSSR count). The Hall–Kier alpha value is -4.69. The van der Waals surface area contributed by atoms with Crippen molar-refractivity contribution in [3.8, 4) is 22.7 Å². The van der Waals surface area contributed by atoms with Crippen molar-refractivity contribution in [3.63, 3.8) is 0 Å². The lowest BCUT2D eigenvalue weighted by Gasteiger charge is -2.16. The maximum Gasteiger partial charge on any atom is 0.265 e. The van der Waals surface area contributed by atoms with Crippen molar-refractivity contribution in [2.24, 2.45) is 0 Å². The molecule has 0 fully saturated rings. The van der Waals surface area contributed by atoms with Crippen LogP contribution in [-0.4, -0.2) is 18.9 Å². The zero-order chi connectivity index (χ0) is 27.4. The lowest BCUT2D eigenvalue weighted by molar-refractivity contribution is 0.0981. The van der Waals surface area contributed by atoms with Crippen LogP contribution in [-0.2, 0) is 16.6 Å². The Kier molecular flexibility index (Phi) is 7.29. The molecule has 1 N–H and O–H groups in total. The Bertz CT molecular complexity index is 1730. The van der Waals surface area contributed by atoms with Gasteiger partial charge in [0, 0.05) is 22.5 Å². The summed E-state index contributed by atoms with van der Waals surface area (Å²) in [7, 11) is -4.01. The highest BCUT2D eigenvalue weighted by Gasteiger charge is 2.20. The summed E-state index contributed by atoms with van der Waals surface area (Å²) in [6, 6.07) is 32.2. The van der Waals surface area contributed by atoms with E-state index in [0.29, 0.717) is 11.4 Å². The van der Waals surface area contributed by atoms with Gasteiger partial charge >= 0.3 is 0 Å². The molecule has 1 aromatic heterocycles. The molecule has 0 unspecified atom stereocenters. The first-order chi connectivity index (χ1) is 18.8. The summed E-state index contributed by atoms with van der Waals surface area (Å²) >= 11 is 0. The van der Waals surface area contributed by atoms with Crippen LogP contribution in [0.15, 0.2) is 120 Å². The molecule has 6 nitrogen and oxygen atoms in total. The molecule has 196 valence electrons. The van der Waals surface area contributed by atoms with Gasteiger partial charge in [0.15, 0.2) is 0 Å². The number of ether oxygens (including phenoxy) is 1. The normalized spacial score (nSPS) is 11.2. The Morgan fingerprint density at radius 2 is 1.56 bits per heavy atom. The molecule has 0 spiro atoms. The smallest absolute Gasteiger partial charge is 0.265 e. The Morgan fingerprint density at radius 3 is 2.33 bits per heavy atom. The van der Waals surface area contributed by atoms with E-state index in [4.69, 9.17) is 4.74 Å². The third-order valence-corrected chi connectivity index (χ3v) is 7.54. The zero-order valence-corrected chi connectivity index (χ0v) is 21.9. The van der Waals surface area contributed by atoms with E-state index < -0.39 is 15.9 Å². The lowest BCUT2D eigenvalue weighted by Crippen LogP contribution is -2.30. The Labute approximate surface area is 226 Å². The second-order valence-electron chi connectivity index (χ2n) is 8.90. The summed E-state index contributed by atoms with van der Waals surface area (Å²) < 4.78 is 48.9. The van der Waals surface area contributed by atoms with Crippen LogP contribution in [0.5, 0.6) is 5.75 Å². The summed E-state index contributed by atoms with van der Waals surface area (Å²) in [5, 5.41) is 0. The molecule has 0 aliphatic heterocycles. The van der Waals surface area contributed by atoms with Crippen LogP contribution in [0.25, 0.3) is 16.9 Å². The highest BCUT2D eigenvalue weighted by molar-refractivity contribution is 7.90. The average molecular weight is 541 g/mol. The van der Waals surface area contributed by atoms with Gasteiger partial charge in [-0.15, -0.1) is 0 Å². The summed E-state index contributed by atoms with van der Waals surface area (Å²) in [5.41, 5.74) is 4.29. The third kappa shape index (κ3) is 5.76. The van der Waals surface area contributed by atoms with Crippen molar-refractivity contribution < 1.29 is 22.3 Å². The molecule has 0 saturated carbocycles. The largest absolute Gasteiger partial charge is 0.488 e. The van der Waals surface area contributed by atoms with E-state index in [9.17, 15) is 17.6 Å². The number of hydrogen-bond donors (Lipinski definition) is 1. The van der Waals surface area contributed by atoms with Crippen molar-refractivity contribution in [1.29, 1.82) is 0 Å². The number of carbonyl (C=O) groups excluding carboxylic acids is 1. The van der Waals surface area contributed by atoms with E-state index in [1.165, 1.54) is 24.3 Å². The van der Waals surface area contributed by atoms with Gasteiger partial charge in [0.1, 0.15) is 18.2 Å². The van der Waals surface area contributed by atoms with Gasteiger partial charge in [-0.2, -0.15) is 0 Å². The van der Waals surface area contributed by atoms with E-state index in [1.54, 1.807) is 48.5 Å². The van der Waals surface area contributed by atoms with E-state index in [-0.39, 0.29) is 22.9 Å². The fourth-order valence-corrected chi connectivity index (χ4v) is 5.26. The number of para-hydroxylation sites is 1. The van der Waals surface area contributed by atoms with Crippen LogP contribution in [0.4, 0.5) is 4.39 Å². The van der Waals surface area contributed by atoms with Crippen molar-refractivity contribution in [2.75, 3.05) is 0 Å². The molecule has 1 amide bonds. The second kappa shape index (κ2) is 11.0. The summed E-state index contributed by atoms with van der Waals surface area (Å²) in [4.78, 5) is 13.0. The van der Waals surface area contributed by atoms with Gasteiger partial charge < -0.3 is 9.30 Å². The van der Waals surface area contributed by atoms with Crippen LogP contribution in [0.3, 0.4) is 0 Å². The average Bonchev–Trinajstić information content (AvgIpc) is 3.34. The first-order valence-corrected chi connectivity index (χ1v) is 13.7. The number of aryl methyl sites for hydroxylation is 1. The number of carbonyl (C=O) groups is 1. The molecule has 0 atom stereocenters. The summed E-state index contributed by atoms with van der Waals surface area (Å²) in [5.74, 6) is -0.389. The molecule has 0 bridgehead atoms. The van der Waals surface area contributed by atoms with Gasteiger partial charge in [-0.1, -0.05) is 48.5 Å². The Balaban J connectivity index is 1.44. The molecule has 8 heteroatoms. The standard InChI is InChI=1S/C31H25FN2O4S/c1-22-14-19-29(28-12-5-6-13-30(28)38-21-23-15-17-25(32)18-16-23)34(22)26-9-7-8-24(20-26)31(35)33-39(36,37)27-10-3-2-4-11-27/h2-20H,21H2,1H3,(H,33,35). The number of amides is 1. The monoisotopic (exact) mass is 540 g/mol. The molecular weight excluding hydrogens is 515 g/mol. The number of nitrogens with one attached hydrogen (secondary N) is 1. The molecular formula is C31H25FN2O4S. The van der Waals surface area contributed by atoms with E-state index in [1.807, 2.05) is 54.0 Å². The molecule has 4 aromatic carbocycles. The first-order valence-electron chi connectivity index (χ1n) is 12.2. The van der Waals surface area contributed by atoms with Crippen LogP contribution < -0.4 is 9.46 Å². The summed E-state index contributed by atoms with van der Waals surface area (Å²) in [6.07, 6.45) is 0. The van der Waals surface area contributed by atoms with Crippen molar-refractivity contribution >= 4 is 15.9 Å². The van der Waals surface area contributed by atoms with Crippen molar-refractivity contribution in [2.45, 2.75) is 18.4 Å². The van der Waals surface area contributed by atoms with Crippen LogP contribution in [0, 0.1) is 12.7 Å². The minimum Gasteiger partial charge on any atom is -0.488 e. The van der Waals surface area contributed by atoms with Gasteiger partial charge in [0.05, 0.1) is 10.6 Å². The maximum absolute atomic E-state index is 13.3. The fraction of sp³-hybridized carbons (Fsp3) is 0.0645. The minimum absolute atomic E-state index is 0.00953. The van der Waals surface area contributed by atoms with Gasteiger partial charge in [-0.25, -0.2) is 17.5 Å². The van der Waals surface area contributed by atoms with Gasteiger partial charge in [0.2, 0.25) is 0 Å². The van der Waals surface area contributed by atoms with Crippen LogP contribution in [0.1, 0.15) is 21.6 Å². The predicted molar refractivity (Wildman–Crippen MR) is 148 cm³/mol. The number of halogens is 1. The fourth-order valence-electron chi connectivity index (χ4n) is 4.26. The lowest BCUT2D eigenvalue weighted by atomic mass is 10.1. The highest BCUT2D eigenvalue weighted by atomic mass is 32.2. The van der Waals surface area contributed by atoms with Gasteiger partial charge in [-0.3, -0.25) is 4.79 Å². The van der Waals surface area contributed by atoms with Gasteiger partial charge in [0.25, 0.3) is 15.9 Å². The number of benzene rings is 4. The molecule has 0 saturated heterocycles. The Morgan fingerprint density at radius 1 is 0.846 bits per heavy atom. The zero-order valence-electron chi connectivity index (χ0n) is 21.0. The molecule has 1 heterocycles. The van der Waals surface area contributed by atoms with Gasteiger partial charge in [-0.05, 0) is 79.2 Å². The molecule has 0 aliphatic rings. The summed E-state index contributed by atoms with van der Waals surface area (Å²) in [6.45, 7) is 2.21. The molecule has 0 radical (unpaired) electrons. The quantitative estimate of drug-likeness (QED) is 0.251. The predicted octanol–water partition coefficient (Wildman–Crippen LogP) is 6.29. The SMILES string of the molecule is Cc1ccc(-c2ccccc2OCc2ccc(F)cc2)n1-c1cccc(C(=O)NS(=O)(=O)c2ccccc2)c1. The molecule has 0 aliphatic carbocycles.